The first-order valence-corrected chi connectivity index (χ1v) is 7.84. The predicted molar refractivity (Wildman–Crippen MR) is 83.8 cm³/mol. The molecule has 118 valence electrons. The van der Waals surface area contributed by atoms with Crippen molar-refractivity contribution in [2.24, 2.45) is 11.8 Å². The number of likely N-dealkylation sites (tertiary alicyclic amines) is 1. The Morgan fingerprint density at radius 1 is 1.23 bits per heavy atom. The summed E-state index contributed by atoms with van der Waals surface area (Å²) in [5.74, 6) is 1.55. The minimum absolute atomic E-state index is 0.00288. The smallest absolute Gasteiger partial charge is 0.265 e. The maximum atomic E-state index is 12.6. The molecule has 0 aliphatic carbocycles. The third kappa shape index (κ3) is 2.93. The van der Waals surface area contributed by atoms with Gasteiger partial charge in [-0.15, -0.1) is 0 Å². The van der Waals surface area contributed by atoms with E-state index in [4.69, 9.17) is 4.74 Å². The molecule has 2 unspecified atom stereocenters. The van der Waals surface area contributed by atoms with Crippen LogP contribution in [0.25, 0.3) is 0 Å². The summed E-state index contributed by atoms with van der Waals surface area (Å²) in [5, 5.41) is 0. The monoisotopic (exact) mass is 302 g/mol. The SMILES string of the molecule is CC1CC(C)CN(C(=O)CN2C(=O)COc3ccccc32)C1. The molecule has 1 saturated heterocycles. The Balaban J connectivity index is 1.75. The summed E-state index contributed by atoms with van der Waals surface area (Å²) >= 11 is 0. The quantitative estimate of drug-likeness (QED) is 0.838. The first-order valence-electron chi connectivity index (χ1n) is 7.84. The minimum Gasteiger partial charge on any atom is -0.482 e. The number of para-hydroxylation sites is 2. The second kappa shape index (κ2) is 5.99. The number of piperidine rings is 1. The predicted octanol–water partition coefficient (Wildman–Crippen LogP) is 1.92. The molecular formula is C17H22N2O3. The van der Waals surface area contributed by atoms with Gasteiger partial charge in [0, 0.05) is 13.1 Å². The normalized spacial score (nSPS) is 24.7. The summed E-state index contributed by atoms with van der Waals surface area (Å²) in [6.45, 7) is 6.00. The molecule has 0 saturated carbocycles. The standard InChI is InChI=1S/C17H22N2O3/c1-12-7-13(2)9-18(8-12)16(20)10-19-14-5-3-4-6-15(14)22-11-17(19)21/h3-6,12-13H,7-11H2,1-2H3. The number of benzene rings is 1. The van der Waals surface area contributed by atoms with Gasteiger partial charge in [-0.2, -0.15) is 0 Å². The van der Waals surface area contributed by atoms with Gasteiger partial charge in [0.2, 0.25) is 5.91 Å². The summed E-state index contributed by atoms with van der Waals surface area (Å²) in [4.78, 5) is 28.2. The molecule has 3 rings (SSSR count). The van der Waals surface area contributed by atoms with Crippen LogP contribution in [0.1, 0.15) is 20.3 Å². The number of hydrogen-bond donors (Lipinski definition) is 0. The topological polar surface area (TPSA) is 49.9 Å². The lowest BCUT2D eigenvalue weighted by Gasteiger charge is -2.37. The largest absolute Gasteiger partial charge is 0.482 e. The van der Waals surface area contributed by atoms with Gasteiger partial charge >= 0.3 is 0 Å². The number of rotatable bonds is 2. The average Bonchev–Trinajstić information content (AvgIpc) is 2.49. The van der Waals surface area contributed by atoms with Crippen molar-refractivity contribution in [3.63, 3.8) is 0 Å². The van der Waals surface area contributed by atoms with E-state index in [2.05, 4.69) is 13.8 Å². The van der Waals surface area contributed by atoms with E-state index in [9.17, 15) is 9.59 Å². The van der Waals surface area contributed by atoms with Crippen molar-refractivity contribution in [1.82, 2.24) is 4.90 Å². The zero-order valence-electron chi connectivity index (χ0n) is 13.1. The molecule has 2 atom stereocenters. The van der Waals surface area contributed by atoms with Gasteiger partial charge in [0.05, 0.1) is 5.69 Å². The third-order valence-electron chi connectivity index (χ3n) is 4.32. The molecule has 2 heterocycles. The Labute approximate surface area is 130 Å². The van der Waals surface area contributed by atoms with Crippen molar-refractivity contribution in [3.05, 3.63) is 24.3 Å². The Hall–Kier alpha value is -2.04. The zero-order chi connectivity index (χ0) is 15.7. The summed E-state index contributed by atoms with van der Waals surface area (Å²) in [7, 11) is 0. The lowest BCUT2D eigenvalue weighted by Crippen LogP contribution is -2.50. The Kier molecular flexibility index (Phi) is 4.05. The summed E-state index contributed by atoms with van der Waals surface area (Å²) in [6, 6.07) is 7.36. The van der Waals surface area contributed by atoms with E-state index in [1.54, 1.807) is 4.90 Å². The van der Waals surface area contributed by atoms with Gasteiger partial charge in [-0.3, -0.25) is 14.5 Å². The number of amides is 2. The second-order valence-corrected chi connectivity index (χ2v) is 6.48. The van der Waals surface area contributed by atoms with Crippen LogP contribution in [0.15, 0.2) is 24.3 Å². The molecule has 5 heteroatoms. The zero-order valence-corrected chi connectivity index (χ0v) is 13.1. The van der Waals surface area contributed by atoms with Gasteiger partial charge < -0.3 is 9.64 Å². The van der Waals surface area contributed by atoms with Crippen LogP contribution in [0.4, 0.5) is 5.69 Å². The summed E-state index contributed by atoms with van der Waals surface area (Å²) in [5.41, 5.74) is 0.685. The molecule has 1 aromatic carbocycles. The number of anilines is 1. The first-order chi connectivity index (χ1) is 10.5. The number of hydrogen-bond acceptors (Lipinski definition) is 3. The van der Waals surface area contributed by atoms with Crippen molar-refractivity contribution < 1.29 is 14.3 Å². The van der Waals surface area contributed by atoms with Gasteiger partial charge in [-0.25, -0.2) is 0 Å². The van der Waals surface area contributed by atoms with E-state index in [-0.39, 0.29) is 25.0 Å². The third-order valence-corrected chi connectivity index (χ3v) is 4.32. The number of fused-ring (bicyclic) bond motifs is 1. The van der Waals surface area contributed by atoms with Gasteiger partial charge in [-0.05, 0) is 30.4 Å². The maximum absolute atomic E-state index is 12.6. The molecule has 0 radical (unpaired) electrons. The van der Waals surface area contributed by atoms with E-state index in [0.717, 1.165) is 19.5 Å². The lowest BCUT2D eigenvalue weighted by molar-refractivity contribution is -0.134. The molecule has 2 aliphatic rings. The molecule has 0 N–H and O–H groups in total. The van der Waals surface area contributed by atoms with Crippen molar-refractivity contribution in [2.45, 2.75) is 20.3 Å². The van der Waals surface area contributed by atoms with Crippen LogP contribution >= 0.6 is 0 Å². The van der Waals surface area contributed by atoms with Gasteiger partial charge in [-0.1, -0.05) is 26.0 Å². The highest BCUT2D eigenvalue weighted by Crippen LogP contribution is 2.31. The molecule has 0 aromatic heterocycles. The highest BCUT2D eigenvalue weighted by Gasteiger charge is 2.31. The minimum atomic E-state index is -0.162. The average molecular weight is 302 g/mol. The fourth-order valence-electron chi connectivity index (χ4n) is 3.43. The molecular weight excluding hydrogens is 280 g/mol. The van der Waals surface area contributed by atoms with Crippen molar-refractivity contribution in [3.8, 4) is 5.75 Å². The fraction of sp³-hybridized carbons (Fsp3) is 0.529. The van der Waals surface area contributed by atoms with Crippen LogP contribution in [0.3, 0.4) is 0 Å². The first kappa shape index (κ1) is 14.9. The second-order valence-electron chi connectivity index (χ2n) is 6.48. The van der Waals surface area contributed by atoms with Crippen LogP contribution < -0.4 is 9.64 Å². The number of carbonyl (C=O) groups is 2. The molecule has 0 bridgehead atoms. The molecule has 22 heavy (non-hydrogen) atoms. The van der Waals surface area contributed by atoms with Crippen LogP contribution in [0.2, 0.25) is 0 Å². The number of nitrogens with zero attached hydrogens (tertiary/aromatic N) is 2. The van der Waals surface area contributed by atoms with Crippen LogP contribution in [-0.4, -0.2) is 43.0 Å². The summed E-state index contributed by atoms with van der Waals surface area (Å²) in [6.07, 6.45) is 1.16. The van der Waals surface area contributed by atoms with E-state index in [1.165, 1.54) is 0 Å². The molecule has 2 aliphatic heterocycles. The number of carbonyl (C=O) groups excluding carboxylic acids is 2. The Bertz CT molecular complexity index is 577. The van der Waals surface area contributed by atoms with Crippen LogP contribution in [0, 0.1) is 11.8 Å². The molecule has 1 aromatic rings. The van der Waals surface area contributed by atoms with Crippen molar-refractivity contribution >= 4 is 17.5 Å². The highest BCUT2D eigenvalue weighted by atomic mass is 16.5. The number of ether oxygens (including phenoxy) is 1. The van der Waals surface area contributed by atoms with E-state index >= 15 is 0 Å². The van der Waals surface area contributed by atoms with Crippen LogP contribution in [0.5, 0.6) is 5.75 Å². The molecule has 0 spiro atoms. The molecule has 5 nitrogen and oxygen atoms in total. The molecule has 1 fully saturated rings. The van der Waals surface area contributed by atoms with Gasteiger partial charge in [0.1, 0.15) is 12.3 Å². The van der Waals surface area contributed by atoms with Gasteiger partial charge in [0.15, 0.2) is 6.61 Å². The van der Waals surface area contributed by atoms with Gasteiger partial charge in [0.25, 0.3) is 5.91 Å². The van der Waals surface area contributed by atoms with E-state index in [0.29, 0.717) is 23.3 Å². The lowest BCUT2D eigenvalue weighted by atomic mass is 9.92. The highest BCUT2D eigenvalue weighted by molar-refractivity contribution is 6.02. The van der Waals surface area contributed by atoms with E-state index in [1.807, 2.05) is 29.2 Å². The van der Waals surface area contributed by atoms with Crippen LogP contribution in [-0.2, 0) is 9.59 Å². The van der Waals surface area contributed by atoms with E-state index < -0.39 is 0 Å². The van der Waals surface area contributed by atoms with Crippen molar-refractivity contribution in [1.29, 1.82) is 0 Å². The Morgan fingerprint density at radius 2 is 1.91 bits per heavy atom. The maximum Gasteiger partial charge on any atom is 0.265 e. The van der Waals surface area contributed by atoms with Crippen molar-refractivity contribution in [2.75, 3.05) is 31.1 Å². The summed E-state index contributed by atoms with van der Waals surface area (Å²) < 4.78 is 5.41. The fourth-order valence-corrected chi connectivity index (χ4v) is 3.43. The molecule has 2 amide bonds. The Morgan fingerprint density at radius 3 is 2.64 bits per heavy atom.